The summed E-state index contributed by atoms with van der Waals surface area (Å²) in [6.45, 7) is 4.69. The van der Waals surface area contributed by atoms with Gasteiger partial charge in [-0.15, -0.1) is 0 Å². The van der Waals surface area contributed by atoms with Crippen molar-refractivity contribution in [3.63, 3.8) is 0 Å². The van der Waals surface area contributed by atoms with Gasteiger partial charge in [-0.1, -0.05) is 20.8 Å². The molecule has 1 aromatic rings. The van der Waals surface area contributed by atoms with Gasteiger partial charge in [0.05, 0.1) is 5.56 Å². The second-order valence-electron chi connectivity index (χ2n) is 5.33. The van der Waals surface area contributed by atoms with Crippen molar-refractivity contribution in [2.45, 2.75) is 26.8 Å². The third-order valence-electron chi connectivity index (χ3n) is 2.67. The maximum Gasteiger partial charge on any atom is 0.326 e. The monoisotopic (exact) mass is 289 g/mol. The maximum atomic E-state index is 13.4. The van der Waals surface area contributed by atoms with Crippen LogP contribution < -0.4 is 5.32 Å². The summed E-state index contributed by atoms with van der Waals surface area (Å²) >= 11 is 0. The van der Waals surface area contributed by atoms with Crippen molar-refractivity contribution in [1.29, 1.82) is 0 Å². The number of halogens is 3. The second-order valence-corrected chi connectivity index (χ2v) is 5.33. The van der Waals surface area contributed by atoms with Crippen molar-refractivity contribution in [1.82, 2.24) is 5.32 Å². The van der Waals surface area contributed by atoms with Crippen LogP contribution in [0.25, 0.3) is 0 Å². The van der Waals surface area contributed by atoms with E-state index in [0.717, 1.165) is 6.07 Å². The van der Waals surface area contributed by atoms with Crippen molar-refractivity contribution >= 4 is 11.9 Å². The number of rotatable bonds is 3. The largest absolute Gasteiger partial charge is 0.480 e. The van der Waals surface area contributed by atoms with Crippen LogP contribution in [-0.4, -0.2) is 23.0 Å². The fourth-order valence-corrected chi connectivity index (χ4v) is 1.56. The number of carbonyl (C=O) groups excluding carboxylic acids is 1. The molecule has 1 rings (SSSR count). The molecule has 0 unspecified atom stereocenters. The average molecular weight is 289 g/mol. The summed E-state index contributed by atoms with van der Waals surface area (Å²) < 4.78 is 39.2. The zero-order valence-corrected chi connectivity index (χ0v) is 11.1. The molecular formula is C13H14F3NO3. The van der Waals surface area contributed by atoms with Crippen LogP contribution in [0.3, 0.4) is 0 Å². The molecule has 1 amide bonds. The molecule has 0 aliphatic carbocycles. The summed E-state index contributed by atoms with van der Waals surface area (Å²) in [5.41, 5.74) is -1.59. The van der Waals surface area contributed by atoms with Crippen LogP contribution in [-0.2, 0) is 4.79 Å². The third-order valence-corrected chi connectivity index (χ3v) is 2.67. The van der Waals surface area contributed by atoms with E-state index in [1.165, 1.54) is 0 Å². The van der Waals surface area contributed by atoms with E-state index in [1.54, 1.807) is 20.8 Å². The Labute approximate surface area is 113 Å². The minimum atomic E-state index is -1.78. The third kappa shape index (κ3) is 3.28. The minimum absolute atomic E-state index is 0.597. The number of carboxylic acid groups (broad SMARTS) is 1. The second kappa shape index (κ2) is 5.52. The summed E-state index contributed by atoms with van der Waals surface area (Å²) in [6.07, 6.45) is 0. The van der Waals surface area contributed by atoms with Gasteiger partial charge in [-0.3, -0.25) is 4.79 Å². The zero-order valence-electron chi connectivity index (χ0n) is 11.1. The topological polar surface area (TPSA) is 66.4 Å². The van der Waals surface area contributed by atoms with Crippen molar-refractivity contribution in [3.05, 3.63) is 35.1 Å². The van der Waals surface area contributed by atoms with E-state index in [1.807, 2.05) is 0 Å². The van der Waals surface area contributed by atoms with Gasteiger partial charge in [0.1, 0.15) is 6.04 Å². The first-order valence-electron chi connectivity index (χ1n) is 5.73. The molecular weight excluding hydrogens is 275 g/mol. The summed E-state index contributed by atoms with van der Waals surface area (Å²) in [4.78, 5) is 22.9. The van der Waals surface area contributed by atoms with Gasteiger partial charge in [-0.25, -0.2) is 18.0 Å². The molecule has 0 bridgehead atoms. The van der Waals surface area contributed by atoms with Crippen LogP contribution in [0.5, 0.6) is 0 Å². The average Bonchev–Trinajstić information content (AvgIpc) is 2.31. The van der Waals surface area contributed by atoms with Crippen LogP contribution in [0, 0.1) is 22.9 Å². The van der Waals surface area contributed by atoms with Crippen molar-refractivity contribution in [3.8, 4) is 0 Å². The highest BCUT2D eigenvalue weighted by atomic mass is 19.2. The van der Waals surface area contributed by atoms with Gasteiger partial charge < -0.3 is 10.4 Å². The molecule has 0 saturated heterocycles. The van der Waals surface area contributed by atoms with E-state index < -0.39 is 46.3 Å². The molecule has 0 aliphatic heterocycles. The normalized spacial score (nSPS) is 12.9. The molecule has 2 N–H and O–H groups in total. The molecule has 0 radical (unpaired) electrons. The van der Waals surface area contributed by atoms with Crippen LogP contribution in [0.4, 0.5) is 13.2 Å². The Morgan fingerprint density at radius 1 is 1.15 bits per heavy atom. The predicted molar refractivity (Wildman–Crippen MR) is 64.7 cm³/mol. The molecule has 7 heteroatoms. The van der Waals surface area contributed by atoms with Gasteiger partial charge in [0.15, 0.2) is 17.5 Å². The lowest BCUT2D eigenvalue weighted by molar-refractivity contribution is -0.142. The fourth-order valence-electron chi connectivity index (χ4n) is 1.56. The lowest BCUT2D eigenvalue weighted by Gasteiger charge is -2.27. The molecule has 1 aromatic carbocycles. The summed E-state index contributed by atoms with van der Waals surface area (Å²) in [6, 6.07) is 0.0488. The Hall–Kier alpha value is -2.05. The molecule has 0 aliphatic rings. The van der Waals surface area contributed by atoms with Gasteiger partial charge >= 0.3 is 5.97 Å². The number of carbonyl (C=O) groups is 2. The maximum absolute atomic E-state index is 13.4. The van der Waals surface area contributed by atoms with Crippen molar-refractivity contribution in [2.24, 2.45) is 5.41 Å². The number of hydrogen-bond donors (Lipinski definition) is 2. The first kappa shape index (κ1) is 16.0. The van der Waals surface area contributed by atoms with Gasteiger partial charge in [-0.05, 0) is 17.5 Å². The Morgan fingerprint density at radius 3 is 2.15 bits per heavy atom. The van der Waals surface area contributed by atoms with Crippen LogP contribution in [0.1, 0.15) is 31.1 Å². The van der Waals surface area contributed by atoms with Crippen molar-refractivity contribution < 1.29 is 27.9 Å². The molecule has 0 spiro atoms. The molecule has 0 heterocycles. The standard InChI is InChI=1S/C13H14F3NO3/c1-13(2,3)10(12(19)20)17-11(18)6-4-5-7(14)9(16)8(6)15/h4-5,10H,1-3H3,(H,17,18)(H,19,20)/t10-/m0/s1. The highest BCUT2D eigenvalue weighted by molar-refractivity contribution is 5.97. The SMILES string of the molecule is CC(C)(C)[C@@H](NC(=O)c1ccc(F)c(F)c1F)C(=O)O. The fraction of sp³-hybridized carbons (Fsp3) is 0.385. The molecule has 4 nitrogen and oxygen atoms in total. The number of hydrogen-bond acceptors (Lipinski definition) is 2. The zero-order chi connectivity index (χ0) is 15.7. The van der Waals surface area contributed by atoms with E-state index in [2.05, 4.69) is 5.32 Å². The summed E-state index contributed by atoms with van der Waals surface area (Å²) in [5, 5.41) is 11.1. The molecule has 0 aromatic heterocycles. The van der Waals surface area contributed by atoms with Crippen LogP contribution >= 0.6 is 0 Å². The highest BCUT2D eigenvalue weighted by Crippen LogP contribution is 2.21. The van der Waals surface area contributed by atoms with Gasteiger partial charge in [-0.2, -0.15) is 0 Å². The van der Waals surface area contributed by atoms with Crippen LogP contribution in [0.2, 0.25) is 0 Å². The van der Waals surface area contributed by atoms with Gasteiger partial charge in [0.2, 0.25) is 0 Å². The number of amides is 1. The number of nitrogens with one attached hydrogen (secondary N) is 1. The lowest BCUT2D eigenvalue weighted by Crippen LogP contribution is -2.49. The van der Waals surface area contributed by atoms with E-state index in [-0.39, 0.29) is 0 Å². The predicted octanol–water partition coefficient (Wildman–Crippen LogP) is 2.33. The smallest absolute Gasteiger partial charge is 0.326 e. The molecule has 0 fully saturated rings. The first-order valence-corrected chi connectivity index (χ1v) is 5.73. The Balaban J connectivity index is 3.08. The quantitative estimate of drug-likeness (QED) is 0.839. The summed E-state index contributed by atoms with van der Waals surface area (Å²) in [5.74, 6) is -7.29. The Bertz CT molecular complexity index is 553. The first-order chi connectivity index (χ1) is 9.05. The Morgan fingerprint density at radius 2 is 1.70 bits per heavy atom. The van der Waals surface area contributed by atoms with E-state index in [0.29, 0.717) is 6.07 Å². The van der Waals surface area contributed by atoms with Crippen LogP contribution in [0.15, 0.2) is 12.1 Å². The Kier molecular flexibility index (Phi) is 4.42. The number of benzene rings is 1. The number of aliphatic carboxylic acids is 1. The van der Waals surface area contributed by atoms with E-state index in [4.69, 9.17) is 5.11 Å². The minimum Gasteiger partial charge on any atom is -0.480 e. The highest BCUT2D eigenvalue weighted by Gasteiger charge is 2.33. The molecule has 110 valence electrons. The van der Waals surface area contributed by atoms with E-state index in [9.17, 15) is 22.8 Å². The summed E-state index contributed by atoms with van der Waals surface area (Å²) in [7, 11) is 0. The number of carboxylic acids is 1. The molecule has 0 saturated carbocycles. The molecule has 20 heavy (non-hydrogen) atoms. The van der Waals surface area contributed by atoms with E-state index >= 15 is 0 Å². The van der Waals surface area contributed by atoms with Gasteiger partial charge in [0.25, 0.3) is 5.91 Å². The lowest BCUT2D eigenvalue weighted by atomic mass is 9.86. The molecule has 1 atom stereocenters. The van der Waals surface area contributed by atoms with Crippen molar-refractivity contribution in [2.75, 3.05) is 0 Å². The van der Waals surface area contributed by atoms with Gasteiger partial charge in [0, 0.05) is 0 Å².